The van der Waals surface area contributed by atoms with E-state index in [9.17, 15) is 5.11 Å². The Kier molecular flexibility index (Phi) is 4.03. The summed E-state index contributed by atoms with van der Waals surface area (Å²) in [5.74, 6) is 0.673. The van der Waals surface area contributed by atoms with Gasteiger partial charge in [-0.25, -0.2) is 4.99 Å². The molecule has 0 radical (unpaired) electrons. The first kappa shape index (κ1) is 16.2. The van der Waals surface area contributed by atoms with Crippen LogP contribution in [0.25, 0.3) is 0 Å². The lowest BCUT2D eigenvalue weighted by Crippen LogP contribution is -2.58. The monoisotopic (exact) mass is 342 g/mol. The Balaban J connectivity index is 1.78. The fourth-order valence-electron chi connectivity index (χ4n) is 4.35. The molecule has 1 atom stereocenters. The minimum atomic E-state index is -0.442. The molecule has 1 aromatic rings. The van der Waals surface area contributed by atoms with Crippen LogP contribution < -0.4 is 21.3 Å². The lowest BCUT2D eigenvalue weighted by molar-refractivity contribution is 0.198. The number of aliphatic hydroxyl groups excluding tert-OH is 1. The number of guanidine groups is 2. The Morgan fingerprint density at radius 3 is 2.48 bits per heavy atom. The van der Waals surface area contributed by atoms with Gasteiger partial charge in [0.15, 0.2) is 0 Å². The molecule has 3 aliphatic rings. The maximum absolute atomic E-state index is 9.95. The van der Waals surface area contributed by atoms with Crippen molar-refractivity contribution in [3.8, 4) is 0 Å². The number of nitrogens with zero attached hydrogens (tertiary/aromatic N) is 4. The lowest BCUT2D eigenvalue weighted by atomic mass is 9.87. The van der Waals surface area contributed by atoms with Gasteiger partial charge in [-0.15, -0.1) is 0 Å². The number of aliphatic hydroxyl groups is 1. The van der Waals surface area contributed by atoms with Crippen molar-refractivity contribution < 1.29 is 5.11 Å². The van der Waals surface area contributed by atoms with Crippen molar-refractivity contribution in [2.75, 3.05) is 22.9 Å². The molecule has 25 heavy (non-hydrogen) atoms. The van der Waals surface area contributed by atoms with Gasteiger partial charge in [0.1, 0.15) is 5.66 Å². The number of para-hydroxylation sites is 2. The summed E-state index contributed by atoms with van der Waals surface area (Å²) in [6.07, 6.45) is 5.76. The predicted molar refractivity (Wildman–Crippen MR) is 101 cm³/mol. The summed E-state index contributed by atoms with van der Waals surface area (Å²) in [5.41, 5.74) is 13.9. The van der Waals surface area contributed by atoms with Gasteiger partial charge in [0, 0.05) is 13.1 Å². The highest BCUT2D eigenvalue weighted by atomic mass is 16.3. The second-order valence-electron chi connectivity index (χ2n) is 7.20. The van der Waals surface area contributed by atoms with E-state index < -0.39 is 5.66 Å². The van der Waals surface area contributed by atoms with Crippen molar-refractivity contribution in [3.05, 3.63) is 24.3 Å². The Hall–Kier alpha value is -2.28. The number of hydrogen-bond acceptors (Lipinski definition) is 7. The minimum Gasteiger partial charge on any atom is -0.391 e. The fourth-order valence-corrected chi connectivity index (χ4v) is 4.35. The molecular formula is C18H26N6O. The second-order valence-corrected chi connectivity index (χ2v) is 7.20. The third-order valence-corrected chi connectivity index (χ3v) is 5.48. The number of aliphatic imine (C=N–C) groups is 2. The molecule has 7 heteroatoms. The number of benzene rings is 1. The van der Waals surface area contributed by atoms with E-state index in [1.54, 1.807) is 0 Å². The van der Waals surface area contributed by atoms with Gasteiger partial charge in [-0.3, -0.25) is 4.90 Å². The highest BCUT2D eigenvalue weighted by Gasteiger charge is 2.43. The van der Waals surface area contributed by atoms with Gasteiger partial charge in [-0.1, -0.05) is 18.6 Å². The molecule has 0 aromatic heterocycles. The Bertz CT molecular complexity index is 709. The zero-order valence-electron chi connectivity index (χ0n) is 14.4. The smallest absolute Gasteiger partial charge is 0.220 e. The van der Waals surface area contributed by atoms with Crippen LogP contribution in [-0.4, -0.2) is 41.9 Å². The molecule has 134 valence electrons. The maximum Gasteiger partial charge on any atom is 0.220 e. The van der Waals surface area contributed by atoms with Crippen LogP contribution in [0.3, 0.4) is 0 Å². The molecule has 1 spiro atoms. The van der Waals surface area contributed by atoms with Crippen molar-refractivity contribution >= 4 is 23.3 Å². The minimum absolute atomic E-state index is 0.268. The van der Waals surface area contributed by atoms with Crippen LogP contribution in [0.1, 0.15) is 38.5 Å². The summed E-state index contributed by atoms with van der Waals surface area (Å²) < 4.78 is 0. The third-order valence-electron chi connectivity index (χ3n) is 5.48. The molecule has 5 N–H and O–H groups in total. The first-order valence-corrected chi connectivity index (χ1v) is 9.11. The van der Waals surface area contributed by atoms with E-state index in [2.05, 4.69) is 26.9 Å². The molecule has 1 saturated heterocycles. The third kappa shape index (κ3) is 2.82. The van der Waals surface area contributed by atoms with Crippen LogP contribution in [0.4, 0.5) is 11.4 Å². The zero-order chi connectivity index (χ0) is 17.4. The van der Waals surface area contributed by atoms with Crippen molar-refractivity contribution in [2.45, 2.75) is 50.3 Å². The van der Waals surface area contributed by atoms with Crippen molar-refractivity contribution in [1.29, 1.82) is 0 Å². The number of nitrogens with two attached hydrogens (primary N) is 2. The largest absolute Gasteiger partial charge is 0.391 e. The summed E-state index contributed by atoms with van der Waals surface area (Å²) in [7, 11) is 0. The highest BCUT2D eigenvalue weighted by molar-refractivity contribution is 6.07. The molecule has 2 fully saturated rings. The number of anilines is 2. The number of rotatable bonds is 2. The average molecular weight is 342 g/mol. The van der Waals surface area contributed by atoms with Gasteiger partial charge >= 0.3 is 0 Å². The Labute approximate surface area is 148 Å². The number of hydrogen-bond donors (Lipinski definition) is 3. The molecule has 1 saturated carbocycles. The van der Waals surface area contributed by atoms with E-state index in [4.69, 9.17) is 16.5 Å². The average Bonchev–Trinajstić information content (AvgIpc) is 3.01. The first-order valence-electron chi connectivity index (χ1n) is 9.11. The van der Waals surface area contributed by atoms with E-state index in [-0.39, 0.29) is 12.1 Å². The molecule has 7 nitrogen and oxygen atoms in total. The molecule has 4 rings (SSSR count). The van der Waals surface area contributed by atoms with E-state index in [1.165, 1.54) is 6.42 Å². The van der Waals surface area contributed by atoms with E-state index in [1.807, 2.05) is 12.1 Å². The van der Waals surface area contributed by atoms with Gasteiger partial charge < -0.3 is 21.5 Å². The predicted octanol–water partition coefficient (Wildman–Crippen LogP) is 1.37. The Morgan fingerprint density at radius 1 is 1.08 bits per heavy atom. The maximum atomic E-state index is 9.95. The molecule has 0 amide bonds. The van der Waals surface area contributed by atoms with Crippen LogP contribution in [-0.2, 0) is 0 Å². The van der Waals surface area contributed by atoms with Gasteiger partial charge in [-0.05, 0) is 44.2 Å². The SMILES string of the molecule is NC1=NC2(CCCCC2)N(c2ccccc2N2CCC(O)C2)C(N)=N1. The zero-order valence-corrected chi connectivity index (χ0v) is 14.4. The summed E-state index contributed by atoms with van der Waals surface area (Å²) in [5, 5.41) is 9.95. The van der Waals surface area contributed by atoms with E-state index in [0.29, 0.717) is 12.5 Å². The summed E-state index contributed by atoms with van der Waals surface area (Å²) in [6.45, 7) is 1.47. The van der Waals surface area contributed by atoms with Crippen LogP contribution in [0, 0.1) is 0 Å². The highest BCUT2D eigenvalue weighted by Crippen LogP contribution is 2.43. The van der Waals surface area contributed by atoms with E-state index >= 15 is 0 Å². The van der Waals surface area contributed by atoms with E-state index in [0.717, 1.165) is 50.0 Å². The molecule has 2 heterocycles. The first-order chi connectivity index (χ1) is 12.1. The fraction of sp³-hybridized carbons (Fsp3) is 0.556. The summed E-state index contributed by atoms with van der Waals surface area (Å²) >= 11 is 0. The Morgan fingerprint density at radius 2 is 1.80 bits per heavy atom. The topological polar surface area (TPSA) is 103 Å². The number of β-amino-alcohol motifs (C(OH)–C–C–N with tert-alkyl or cyclic N) is 1. The normalized spacial score (nSPS) is 25.9. The van der Waals surface area contributed by atoms with Crippen LogP contribution in [0.2, 0.25) is 0 Å². The molecule has 0 bridgehead atoms. The quantitative estimate of drug-likeness (QED) is 0.753. The van der Waals surface area contributed by atoms with Crippen LogP contribution in [0.15, 0.2) is 34.3 Å². The van der Waals surface area contributed by atoms with Gasteiger partial charge in [0.05, 0.1) is 17.5 Å². The summed E-state index contributed by atoms with van der Waals surface area (Å²) in [6, 6.07) is 8.18. The van der Waals surface area contributed by atoms with Gasteiger partial charge in [0.25, 0.3) is 0 Å². The van der Waals surface area contributed by atoms with Crippen LogP contribution in [0.5, 0.6) is 0 Å². The molecule has 2 aliphatic heterocycles. The second kappa shape index (κ2) is 6.22. The van der Waals surface area contributed by atoms with Crippen molar-refractivity contribution in [2.24, 2.45) is 21.5 Å². The van der Waals surface area contributed by atoms with Crippen molar-refractivity contribution in [1.82, 2.24) is 0 Å². The summed E-state index contributed by atoms with van der Waals surface area (Å²) in [4.78, 5) is 13.3. The van der Waals surface area contributed by atoms with Crippen LogP contribution >= 0.6 is 0 Å². The standard InChI is InChI=1S/C18H26N6O/c19-16-21-17(20)24(18(22-16)9-4-1-5-10-18)15-7-3-2-6-14(15)23-11-8-13(25)12-23/h2-3,6-7,13,25H,1,4-5,8-12H2,(H4,19,20,21,22). The molecule has 1 aromatic carbocycles. The molecular weight excluding hydrogens is 316 g/mol. The van der Waals surface area contributed by atoms with Gasteiger partial charge in [0.2, 0.25) is 11.9 Å². The molecule has 1 unspecified atom stereocenters. The van der Waals surface area contributed by atoms with Crippen molar-refractivity contribution in [3.63, 3.8) is 0 Å². The van der Waals surface area contributed by atoms with Gasteiger partial charge in [-0.2, -0.15) is 4.99 Å². The molecule has 1 aliphatic carbocycles. The lowest BCUT2D eigenvalue weighted by Gasteiger charge is -2.46.